The van der Waals surface area contributed by atoms with Crippen LogP contribution < -0.4 is 4.90 Å². The fourth-order valence-corrected chi connectivity index (χ4v) is 9.09. The standard InChI is InChI=1S/C52H37N/c1-51(2)43-21-10-6-17-38(43)41-32-31-37(33-48(41)51)53(36-29-27-35(28-30-36)34-15-4-3-5-16-34)49-26-14-25-47-50(49)42-20-9-13-24-46(42)52(47)44-22-11-7-18-39(44)40-19-8-12-23-45(40)52/h3-33H,1-2H3/i6D,10D,17D,21D,27D,28D,29D,30D,31D,32D,33D. The number of anilines is 3. The second kappa shape index (κ2) is 11.0. The largest absolute Gasteiger partial charge is 0.310 e. The van der Waals surface area contributed by atoms with Gasteiger partial charge >= 0.3 is 0 Å². The van der Waals surface area contributed by atoms with Gasteiger partial charge in [-0.3, -0.25) is 0 Å². The summed E-state index contributed by atoms with van der Waals surface area (Å²) in [5.74, 6) is 0. The maximum absolute atomic E-state index is 10.2. The molecule has 0 atom stereocenters. The van der Waals surface area contributed by atoms with E-state index in [2.05, 4.69) is 36.4 Å². The number of fused-ring (bicyclic) bond motifs is 13. The highest BCUT2D eigenvalue weighted by Gasteiger charge is 2.52. The van der Waals surface area contributed by atoms with E-state index < -0.39 is 41.0 Å². The maximum atomic E-state index is 10.2. The quantitative estimate of drug-likeness (QED) is 0.178. The molecule has 8 aromatic rings. The fraction of sp³-hybridized carbons (Fsp3) is 0.0769. The summed E-state index contributed by atoms with van der Waals surface area (Å²) in [5.41, 5.74) is 6.71. The third kappa shape index (κ3) is 4.02. The van der Waals surface area contributed by atoms with E-state index in [1.165, 1.54) is 4.90 Å². The van der Waals surface area contributed by atoms with Crippen LogP contribution in [0.1, 0.15) is 62.3 Å². The number of rotatable bonds is 4. The minimum Gasteiger partial charge on any atom is -0.310 e. The second-order valence-electron chi connectivity index (χ2n) is 14.4. The van der Waals surface area contributed by atoms with E-state index in [4.69, 9.17) is 5.48 Å². The van der Waals surface area contributed by atoms with E-state index in [1.54, 1.807) is 50.2 Å². The average Bonchev–Trinajstić information content (AvgIpc) is 3.87. The van der Waals surface area contributed by atoms with Crippen LogP contribution in [0.25, 0.3) is 44.5 Å². The smallest absolute Gasteiger partial charge is 0.0726 e. The first-order chi connectivity index (χ1) is 30.7. The number of benzene rings is 8. The number of hydrogen-bond acceptors (Lipinski definition) is 1. The van der Waals surface area contributed by atoms with Crippen LogP contribution in [0.5, 0.6) is 0 Å². The van der Waals surface area contributed by atoms with Gasteiger partial charge in [0.1, 0.15) is 0 Å². The molecule has 0 saturated heterocycles. The zero-order valence-corrected chi connectivity index (χ0v) is 29.0. The Morgan fingerprint density at radius 3 is 1.70 bits per heavy atom. The normalized spacial score (nSPS) is 17.4. The summed E-state index contributed by atoms with van der Waals surface area (Å²) in [6.45, 7) is 3.49. The van der Waals surface area contributed by atoms with E-state index in [1.807, 2.05) is 48.5 Å². The monoisotopic (exact) mass is 686 g/mol. The molecule has 0 amide bonds. The molecule has 1 nitrogen and oxygen atoms in total. The molecule has 53 heavy (non-hydrogen) atoms. The van der Waals surface area contributed by atoms with Crippen molar-refractivity contribution in [1.82, 2.24) is 0 Å². The van der Waals surface area contributed by atoms with Crippen molar-refractivity contribution < 1.29 is 15.1 Å². The summed E-state index contributed by atoms with van der Waals surface area (Å²) in [5, 5.41) is 0. The molecule has 250 valence electrons. The first kappa shape index (κ1) is 21.2. The highest BCUT2D eigenvalue weighted by atomic mass is 15.1. The van der Waals surface area contributed by atoms with Gasteiger partial charge in [0.05, 0.1) is 26.2 Å². The SMILES string of the molecule is [2H]c1c([2H])c([2H])c2c(c1[2H])-c1c([2H])c([2H])c(N(c3cccc4c3-c3ccccc3C43c4ccccc4-c4ccccc43)c3c([2H])c([2H])c(-c4ccccc4)c([2H])c3[2H])c([2H])c1C2(C)C. The van der Waals surface area contributed by atoms with Gasteiger partial charge in [0.25, 0.3) is 0 Å². The fourth-order valence-electron chi connectivity index (χ4n) is 9.09. The van der Waals surface area contributed by atoms with Crippen LogP contribution in [0, 0.1) is 0 Å². The Balaban J connectivity index is 1.30. The van der Waals surface area contributed by atoms with Gasteiger partial charge in [-0.2, -0.15) is 0 Å². The lowest BCUT2D eigenvalue weighted by Gasteiger charge is -2.32. The van der Waals surface area contributed by atoms with Crippen LogP contribution in [0.2, 0.25) is 0 Å². The van der Waals surface area contributed by atoms with Gasteiger partial charge < -0.3 is 4.90 Å². The van der Waals surface area contributed by atoms with E-state index in [0.717, 1.165) is 38.9 Å². The molecule has 0 aliphatic heterocycles. The maximum Gasteiger partial charge on any atom is 0.0726 e. The van der Waals surface area contributed by atoms with Gasteiger partial charge in [0, 0.05) is 22.4 Å². The van der Waals surface area contributed by atoms with Gasteiger partial charge in [0.2, 0.25) is 0 Å². The summed E-state index contributed by atoms with van der Waals surface area (Å²) in [7, 11) is 0. The molecule has 0 bridgehead atoms. The first-order valence-electron chi connectivity index (χ1n) is 23.3. The Hall–Kier alpha value is -6.44. The van der Waals surface area contributed by atoms with Gasteiger partial charge in [-0.05, 0) is 103 Å². The van der Waals surface area contributed by atoms with Crippen LogP contribution in [0.15, 0.2) is 188 Å². The lowest BCUT2D eigenvalue weighted by Crippen LogP contribution is -2.26. The van der Waals surface area contributed by atoms with Crippen LogP contribution in [-0.2, 0) is 10.8 Å². The number of nitrogens with zero attached hydrogens (tertiary/aromatic N) is 1. The summed E-state index contributed by atoms with van der Waals surface area (Å²) in [6.07, 6.45) is 0. The predicted molar refractivity (Wildman–Crippen MR) is 220 cm³/mol. The Morgan fingerprint density at radius 1 is 0.415 bits per heavy atom. The van der Waals surface area contributed by atoms with Crippen molar-refractivity contribution in [3.05, 3.63) is 221 Å². The van der Waals surface area contributed by atoms with E-state index in [0.29, 0.717) is 16.8 Å². The van der Waals surface area contributed by atoms with Crippen LogP contribution >= 0.6 is 0 Å². The predicted octanol–water partition coefficient (Wildman–Crippen LogP) is 13.5. The average molecular weight is 687 g/mol. The first-order valence-corrected chi connectivity index (χ1v) is 17.8. The third-order valence-corrected chi connectivity index (χ3v) is 11.3. The molecule has 0 fully saturated rings. The lowest BCUT2D eigenvalue weighted by atomic mass is 9.70. The zero-order valence-electron chi connectivity index (χ0n) is 40.0. The van der Waals surface area contributed by atoms with E-state index >= 15 is 0 Å². The van der Waals surface area contributed by atoms with Crippen LogP contribution in [0.4, 0.5) is 17.1 Å². The Labute approximate surface area is 326 Å². The Kier molecular flexibility index (Phi) is 4.41. The zero-order chi connectivity index (χ0) is 44.9. The van der Waals surface area contributed by atoms with Gasteiger partial charge in [-0.25, -0.2) is 0 Å². The summed E-state index contributed by atoms with van der Waals surface area (Å²) in [6, 6.07) is 35.0. The molecule has 8 aromatic carbocycles. The van der Waals surface area contributed by atoms with Crippen LogP contribution in [0.3, 0.4) is 0 Å². The Morgan fingerprint density at radius 2 is 0.981 bits per heavy atom. The van der Waals surface area contributed by atoms with Crippen molar-refractivity contribution in [3.63, 3.8) is 0 Å². The minimum absolute atomic E-state index is 0.0615. The van der Waals surface area contributed by atoms with Crippen molar-refractivity contribution in [1.29, 1.82) is 0 Å². The van der Waals surface area contributed by atoms with Gasteiger partial charge in [0.15, 0.2) is 0 Å². The molecule has 0 unspecified atom stereocenters. The summed E-state index contributed by atoms with van der Waals surface area (Å²) < 4.78 is 103. The molecule has 3 aliphatic rings. The highest BCUT2D eigenvalue weighted by molar-refractivity contribution is 6.01. The number of hydrogen-bond donors (Lipinski definition) is 0. The van der Waals surface area contributed by atoms with Crippen molar-refractivity contribution in [3.8, 4) is 44.5 Å². The molecule has 0 aromatic heterocycles. The molecular formula is C52H37N. The van der Waals surface area contributed by atoms with Crippen LogP contribution in [-0.4, -0.2) is 0 Å². The summed E-state index contributed by atoms with van der Waals surface area (Å²) in [4.78, 5) is 1.47. The molecule has 3 aliphatic carbocycles. The molecule has 0 N–H and O–H groups in total. The highest BCUT2D eigenvalue weighted by Crippen LogP contribution is 2.64. The van der Waals surface area contributed by atoms with Crippen molar-refractivity contribution in [2.45, 2.75) is 24.7 Å². The van der Waals surface area contributed by atoms with Crippen molar-refractivity contribution in [2.75, 3.05) is 4.90 Å². The van der Waals surface area contributed by atoms with E-state index in [-0.39, 0.29) is 75.4 Å². The molecule has 1 spiro atoms. The molecular weight excluding hydrogens is 639 g/mol. The molecule has 0 radical (unpaired) electrons. The molecule has 0 saturated carbocycles. The molecule has 1 heteroatoms. The topological polar surface area (TPSA) is 3.24 Å². The van der Waals surface area contributed by atoms with E-state index in [9.17, 15) is 9.60 Å². The van der Waals surface area contributed by atoms with Crippen molar-refractivity contribution in [2.24, 2.45) is 0 Å². The third-order valence-electron chi connectivity index (χ3n) is 11.3. The van der Waals surface area contributed by atoms with Crippen molar-refractivity contribution >= 4 is 17.1 Å². The minimum atomic E-state index is -1.26. The molecule has 0 heterocycles. The second-order valence-corrected chi connectivity index (χ2v) is 14.4. The lowest BCUT2D eigenvalue weighted by molar-refractivity contribution is 0.660. The van der Waals surface area contributed by atoms with Gasteiger partial charge in [-0.1, -0.05) is 171 Å². The Bertz CT molecular complexity index is 3320. The molecule has 11 rings (SSSR count). The summed E-state index contributed by atoms with van der Waals surface area (Å²) >= 11 is 0. The van der Waals surface area contributed by atoms with Gasteiger partial charge in [-0.15, -0.1) is 0 Å².